The Morgan fingerprint density at radius 2 is 0.800 bits per heavy atom. The van der Waals surface area contributed by atoms with Crippen LogP contribution in [0.1, 0.15) is 22.3 Å². The second kappa shape index (κ2) is 16.9. The van der Waals surface area contributed by atoms with Gasteiger partial charge in [0.25, 0.3) is 0 Å². The molecule has 0 spiro atoms. The Balaban J connectivity index is 0.000000341. The van der Waals surface area contributed by atoms with Crippen molar-refractivity contribution in [3.63, 3.8) is 0 Å². The van der Waals surface area contributed by atoms with Crippen molar-refractivity contribution in [3.8, 4) is 22.3 Å². The topological polar surface area (TPSA) is 0 Å². The van der Waals surface area contributed by atoms with Crippen LogP contribution in [0.25, 0.3) is 43.8 Å². The third kappa shape index (κ3) is 8.40. The molecule has 0 atom stereocenters. The first-order valence-electron chi connectivity index (χ1n) is 13.0. The number of aryl methyl sites for hydroxylation is 4. The van der Waals surface area contributed by atoms with Crippen LogP contribution in [0.15, 0.2) is 109 Å². The van der Waals surface area contributed by atoms with Crippen LogP contribution in [-0.2, 0) is 26.2 Å². The first kappa shape index (κ1) is 35.8. The Bertz CT molecular complexity index is 1510. The number of benzene rings is 4. The predicted molar refractivity (Wildman–Crippen MR) is 181 cm³/mol. The second-order valence-corrected chi connectivity index (χ2v) is 10.8. The van der Waals surface area contributed by atoms with E-state index in [9.17, 15) is 0 Å². The maximum atomic E-state index is 2.27. The summed E-state index contributed by atoms with van der Waals surface area (Å²) in [5.74, 6) is 0. The van der Waals surface area contributed by atoms with Crippen LogP contribution in [-0.4, -0.2) is 9.52 Å². The Kier molecular flexibility index (Phi) is 15.1. The summed E-state index contributed by atoms with van der Waals surface area (Å²) in [6.07, 6.45) is 0. The summed E-state index contributed by atoms with van der Waals surface area (Å²) in [6.45, 7) is 13.0. The summed E-state index contributed by atoms with van der Waals surface area (Å²) in [5.41, 5.74) is 10.7. The van der Waals surface area contributed by atoms with E-state index in [1.807, 2.05) is 0 Å². The average Bonchev–Trinajstić information content (AvgIpc) is 3.46. The van der Waals surface area contributed by atoms with Gasteiger partial charge in [-0.25, -0.2) is 0 Å². The first-order valence-corrected chi connectivity index (χ1v) is 15.0. The normalized spacial score (nSPS) is 9.75. The van der Waals surface area contributed by atoms with E-state index in [1.54, 1.807) is 0 Å². The van der Waals surface area contributed by atoms with Crippen LogP contribution in [0, 0.1) is 27.7 Å². The van der Waals surface area contributed by atoms with Crippen molar-refractivity contribution in [2.45, 2.75) is 40.8 Å². The Morgan fingerprint density at radius 1 is 0.475 bits per heavy atom. The van der Waals surface area contributed by atoms with Gasteiger partial charge in [-0.3, -0.25) is 0 Å². The van der Waals surface area contributed by atoms with Crippen LogP contribution >= 0.6 is 24.8 Å². The molecule has 0 amide bonds. The van der Waals surface area contributed by atoms with Crippen molar-refractivity contribution >= 4 is 55.9 Å². The molecule has 0 bridgehead atoms. The Labute approximate surface area is 274 Å². The number of hydrogen-bond acceptors (Lipinski definition) is 0. The summed E-state index contributed by atoms with van der Waals surface area (Å²) < 4.78 is 0. The summed E-state index contributed by atoms with van der Waals surface area (Å²) in [5, 5.41) is 5.39. The molecule has 2 radical (unpaired) electrons. The van der Waals surface area contributed by atoms with E-state index in [-0.39, 0.29) is 51.0 Å². The van der Waals surface area contributed by atoms with Gasteiger partial charge in [0, 0.05) is 9.52 Å². The number of fused-ring (bicyclic) bond motifs is 2. The number of rotatable bonds is 2. The van der Waals surface area contributed by atoms with Crippen molar-refractivity contribution in [1.29, 1.82) is 0 Å². The summed E-state index contributed by atoms with van der Waals surface area (Å²) in [6, 6.07) is 39.3. The van der Waals surface area contributed by atoms with Gasteiger partial charge in [0.05, 0.1) is 0 Å². The van der Waals surface area contributed by atoms with E-state index in [2.05, 4.69) is 150 Å². The molecule has 0 saturated carbocycles. The minimum atomic E-state index is 0. The van der Waals surface area contributed by atoms with Crippen molar-refractivity contribution < 1.29 is 26.2 Å². The SMILES string of the molecule is C[Si]C.Cc1cc2c(-c3ccccc3C)cccc2[cH-]1.Cc1cc2c(-c3ccccc3C)cccc2[cH-]1.Cl.Cl.[Zr+2]. The largest absolute Gasteiger partial charge is 2.00 e. The second-order valence-electron chi connectivity index (χ2n) is 9.81. The summed E-state index contributed by atoms with van der Waals surface area (Å²) in [7, 11) is 1.08. The molecule has 0 nitrogen and oxygen atoms in total. The van der Waals surface area contributed by atoms with E-state index in [1.165, 1.54) is 66.1 Å². The van der Waals surface area contributed by atoms with Gasteiger partial charge in [-0.05, 0) is 36.1 Å². The maximum absolute atomic E-state index is 2.27. The van der Waals surface area contributed by atoms with Gasteiger partial charge in [-0.15, -0.1) is 93.9 Å². The molecule has 0 aliphatic rings. The molecule has 40 heavy (non-hydrogen) atoms. The fourth-order valence-electron chi connectivity index (χ4n) is 4.99. The molecule has 0 aliphatic carbocycles. The summed E-state index contributed by atoms with van der Waals surface area (Å²) in [4.78, 5) is 0. The van der Waals surface area contributed by atoms with Crippen molar-refractivity contribution in [2.24, 2.45) is 0 Å². The zero-order valence-corrected chi connectivity index (χ0v) is 29.3. The minimum absolute atomic E-state index is 0. The molecule has 6 aromatic rings. The average molecular weight is 661 g/mol. The van der Waals surface area contributed by atoms with Crippen LogP contribution < -0.4 is 0 Å². The molecule has 0 N–H and O–H groups in total. The number of halogens is 2. The van der Waals surface area contributed by atoms with E-state index in [0.717, 1.165) is 9.52 Å². The number of hydrogen-bond donors (Lipinski definition) is 0. The molecule has 4 heteroatoms. The summed E-state index contributed by atoms with van der Waals surface area (Å²) >= 11 is 0. The molecular formula is C36H38Cl2SiZr. The van der Waals surface area contributed by atoms with Crippen molar-refractivity contribution in [3.05, 3.63) is 131 Å². The van der Waals surface area contributed by atoms with E-state index >= 15 is 0 Å². The molecular weight excluding hydrogens is 623 g/mol. The molecule has 0 saturated heterocycles. The van der Waals surface area contributed by atoms with Crippen LogP contribution in [0.3, 0.4) is 0 Å². The van der Waals surface area contributed by atoms with E-state index in [0.29, 0.717) is 0 Å². The van der Waals surface area contributed by atoms with Gasteiger partial charge in [-0.1, -0.05) is 98.7 Å². The van der Waals surface area contributed by atoms with Crippen molar-refractivity contribution in [2.75, 3.05) is 0 Å². The smallest absolute Gasteiger partial charge is 0.165 e. The Morgan fingerprint density at radius 3 is 1.15 bits per heavy atom. The molecule has 0 aromatic heterocycles. The van der Waals surface area contributed by atoms with Gasteiger partial charge < -0.3 is 0 Å². The van der Waals surface area contributed by atoms with Crippen LogP contribution in [0.2, 0.25) is 13.1 Å². The standard InChI is InChI=1S/2C17H15.C2H6Si.2ClH.Zr/c2*1-12-10-14-7-5-9-16(17(14)11-12)15-8-4-3-6-13(15)2;1-3-2;;;/h2*3-11H,1-2H3;1-2H3;2*1H;/q2*-1;;;;+2. The van der Waals surface area contributed by atoms with Crippen molar-refractivity contribution in [1.82, 2.24) is 0 Å². The molecule has 0 fully saturated rings. The van der Waals surface area contributed by atoms with Gasteiger partial charge >= 0.3 is 26.2 Å². The first-order chi connectivity index (χ1) is 17.9. The minimum Gasteiger partial charge on any atom is -0.165 e. The van der Waals surface area contributed by atoms with Crippen LogP contribution in [0.4, 0.5) is 0 Å². The van der Waals surface area contributed by atoms with Gasteiger partial charge in [-0.2, -0.15) is 12.1 Å². The van der Waals surface area contributed by atoms with Gasteiger partial charge in [0.2, 0.25) is 0 Å². The predicted octanol–water partition coefficient (Wildman–Crippen LogP) is 11.3. The molecule has 0 heterocycles. The zero-order valence-electron chi connectivity index (χ0n) is 24.2. The molecule has 6 aromatic carbocycles. The molecule has 0 aliphatic heterocycles. The molecule has 6 rings (SSSR count). The molecule has 204 valence electrons. The zero-order chi connectivity index (χ0) is 26.4. The quantitative estimate of drug-likeness (QED) is 0.128. The Hall–Kier alpha value is -2.22. The van der Waals surface area contributed by atoms with Crippen LogP contribution in [0.5, 0.6) is 0 Å². The third-order valence-electron chi connectivity index (χ3n) is 6.66. The molecule has 0 unspecified atom stereocenters. The van der Waals surface area contributed by atoms with Gasteiger partial charge in [0.15, 0.2) is 0 Å². The van der Waals surface area contributed by atoms with E-state index < -0.39 is 0 Å². The van der Waals surface area contributed by atoms with Gasteiger partial charge in [0.1, 0.15) is 0 Å². The maximum Gasteiger partial charge on any atom is 2.00 e. The fraction of sp³-hybridized carbons (Fsp3) is 0.167. The fourth-order valence-corrected chi connectivity index (χ4v) is 4.99. The monoisotopic (exact) mass is 658 g/mol. The third-order valence-corrected chi connectivity index (χ3v) is 6.66. The van der Waals surface area contributed by atoms with E-state index in [4.69, 9.17) is 0 Å².